The van der Waals surface area contributed by atoms with Crippen molar-refractivity contribution in [3.63, 3.8) is 0 Å². The molecule has 2 nitrogen and oxygen atoms in total. The molecule has 0 saturated carbocycles. The quantitative estimate of drug-likeness (QED) is 0.887. The maximum atomic E-state index is 4.30. The molecule has 0 saturated heterocycles. The molecule has 0 aliphatic heterocycles. The Kier molecular flexibility index (Phi) is 4.54. The molecule has 2 aromatic rings. The highest BCUT2D eigenvalue weighted by Crippen LogP contribution is 2.25. The number of nitrogens with one attached hydrogen (secondary N) is 1. The first kappa shape index (κ1) is 13.7. The second kappa shape index (κ2) is 5.95. The monoisotopic (exact) mass is 324 g/mol. The van der Waals surface area contributed by atoms with Crippen molar-refractivity contribution in [2.24, 2.45) is 0 Å². The highest BCUT2D eigenvalue weighted by Gasteiger charge is 2.14. The second-order valence-corrected chi connectivity index (χ2v) is 6.27. The lowest BCUT2D eigenvalue weighted by Crippen LogP contribution is -2.22. The van der Waals surface area contributed by atoms with E-state index in [-0.39, 0.29) is 0 Å². The fourth-order valence-corrected chi connectivity index (χ4v) is 3.29. The van der Waals surface area contributed by atoms with Gasteiger partial charge in [0.05, 0.1) is 11.2 Å². The third kappa shape index (κ3) is 3.19. The molecular formula is C14H17BrN2S. The van der Waals surface area contributed by atoms with Crippen LogP contribution in [0.4, 0.5) is 0 Å². The summed E-state index contributed by atoms with van der Waals surface area (Å²) in [6, 6.07) is 9.07. The van der Waals surface area contributed by atoms with Gasteiger partial charge in [-0.15, -0.1) is 11.3 Å². The van der Waals surface area contributed by atoms with Crippen molar-refractivity contribution in [3.05, 3.63) is 50.4 Å². The SMILES string of the molecule is Cc1ncsc1C(C)NC(C)c1cccc(Br)c1. The summed E-state index contributed by atoms with van der Waals surface area (Å²) < 4.78 is 1.12. The van der Waals surface area contributed by atoms with E-state index in [9.17, 15) is 0 Å². The Labute approximate surface area is 121 Å². The summed E-state index contributed by atoms with van der Waals surface area (Å²) in [6.45, 7) is 6.44. The number of benzene rings is 1. The van der Waals surface area contributed by atoms with Gasteiger partial charge in [-0.05, 0) is 38.5 Å². The first-order valence-electron chi connectivity index (χ1n) is 5.99. The Morgan fingerprint density at radius 1 is 1.28 bits per heavy atom. The number of thiazole rings is 1. The van der Waals surface area contributed by atoms with E-state index in [0.717, 1.165) is 10.2 Å². The Morgan fingerprint density at radius 2 is 2.06 bits per heavy atom. The number of rotatable bonds is 4. The number of hydrogen-bond acceptors (Lipinski definition) is 3. The number of aryl methyl sites for hydroxylation is 1. The van der Waals surface area contributed by atoms with Gasteiger partial charge in [0.2, 0.25) is 0 Å². The molecule has 0 aliphatic carbocycles. The summed E-state index contributed by atoms with van der Waals surface area (Å²) in [5, 5.41) is 3.62. The molecule has 0 bridgehead atoms. The molecule has 2 atom stereocenters. The standard InChI is InChI=1S/C14H17BrN2S/c1-9(12-5-4-6-13(15)7-12)17-11(3)14-10(2)16-8-18-14/h4-9,11,17H,1-3H3. The fourth-order valence-electron chi connectivity index (χ4n) is 2.05. The molecule has 0 fully saturated rings. The van der Waals surface area contributed by atoms with E-state index in [1.165, 1.54) is 10.4 Å². The summed E-state index contributed by atoms with van der Waals surface area (Å²) in [7, 11) is 0. The minimum atomic E-state index is 0.319. The Hall–Kier alpha value is -0.710. The molecule has 0 amide bonds. The highest BCUT2D eigenvalue weighted by atomic mass is 79.9. The molecule has 0 spiro atoms. The van der Waals surface area contributed by atoms with Crippen molar-refractivity contribution in [1.29, 1.82) is 0 Å². The van der Waals surface area contributed by atoms with Crippen LogP contribution < -0.4 is 5.32 Å². The third-order valence-corrected chi connectivity index (χ3v) is 4.63. The van der Waals surface area contributed by atoms with E-state index in [4.69, 9.17) is 0 Å². The zero-order valence-electron chi connectivity index (χ0n) is 10.8. The zero-order chi connectivity index (χ0) is 13.1. The van der Waals surface area contributed by atoms with Crippen LogP contribution in [0.15, 0.2) is 34.2 Å². The van der Waals surface area contributed by atoms with Crippen molar-refractivity contribution >= 4 is 27.3 Å². The Balaban J connectivity index is 2.08. The normalized spacial score (nSPS) is 14.4. The lowest BCUT2D eigenvalue weighted by molar-refractivity contribution is 0.498. The summed E-state index contributed by atoms with van der Waals surface area (Å²) in [4.78, 5) is 5.62. The van der Waals surface area contributed by atoms with Gasteiger partial charge in [-0.3, -0.25) is 0 Å². The summed E-state index contributed by atoms with van der Waals surface area (Å²) in [6.07, 6.45) is 0. The molecule has 4 heteroatoms. The van der Waals surface area contributed by atoms with Gasteiger partial charge in [0.15, 0.2) is 0 Å². The highest BCUT2D eigenvalue weighted by molar-refractivity contribution is 9.10. The number of nitrogens with zero attached hydrogens (tertiary/aromatic N) is 1. The van der Waals surface area contributed by atoms with Crippen LogP contribution in [0.3, 0.4) is 0 Å². The third-order valence-electron chi connectivity index (χ3n) is 3.02. The van der Waals surface area contributed by atoms with E-state index in [0.29, 0.717) is 12.1 Å². The maximum absolute atomic E-state index is 4.30. The van der Waals surface area contributed by atoms with Crippen LogP contribution in [-0.2, 0) is 0 Å². The summed E-state index contributed by atoms with van der Waals surface area (Å²) >= 11 is 5.23. The molecule has 18 heavy (non-hydrogen) atoms. The second-order valence-electron chi connectivity index (χ2n) is 4.47. The van der Waals surface area contributed by atoms with Gasteiger partial charge in [0.1, 0.15) is 0 Å². The van der Waals surface area contributed by atoms with Gasteiger partial charge < -0.3 is 5.32 Å². The lowest BCUT2D eigenvalue weighted by atomic mass is 10.1. The topological polar surface area (TPSA) is 24.9 Å². The van der Waals surface area contributed by atoms with Gasteiger partial charge in [0.25, 0.3) is 0 Å². The van der Waals surface area contributed by atoms with Crippen LogP contribution in [0, 0.1) is 6.92 Å². The van der Waals surface area contributed by atoms with Crippen LogP contribution in [0.1, 0.15) is 42.1 Å². The van der Waals surface area contributed by atoms with Gasteiger partial charge >= 0.3 is 0 Å². The molecule has 0 radical (unpaired) electrons. The zero-order valence-corrected chi connectivity index (χ0v) is 13.2. The van der Waals surface area contributed by atoms with Crippen molar-refractivity contribution in [2.75, 3.05) is 0 Å². The molecule has 1 aromatic carbocycles. The molecule has 96 valence electrons. The first-order chi connectivity index (χ1) is 8.58. The van der Waals surface area contributed by atoms with Crippen molar-refractivity contribution in [1.82, 2.24) is 10.3 Å². The Morgan fingerprint density at radius 3 is 2.67 bits per heavy atom. The van der Waals surface area contributed by atoms with Crippen molar-refractivity contribution in [3.8, 4) is 0 Å². The minimum absolute atomic E-state index is 0.319. The minimum Gasteiger partial charge on any atom is -0.303 e. The average molecular weight is 325 g/mol. The molecule has 2 unspecified atom stereocenters. The summed E-state index contributed by atoms with van der Waals surface area (Å²) in [5.74, 6) is 0. The maximum Gasteiger partial charge on any atom is 0.0798 e. The van der Waals surface area contributed by atoms with Gasteiger partial charge in [-0.25, -0.2) is 4.98 Å². The van der Waals surface area contributed by atoms with E-state index < -0.39 is 0 Å². The molecular weight excluding hydrogens is 308 g/mol. The molecule has 0 aliphatic rings. The van der Waals surface area contributed by atoms with Crippen LogP contribution >= 0.6 is 27.3 Å². The average Bonchev–Trinajstić information content (AvgIpc) is 2.75. The van der Waals surface area contributed by atoms with Crippen LogP contribution in [0.25, 0.3) is 0 Å². The van der Waals surface area contributed by atoms with Crippen molar-refractivity contribution in [2.45, 2.75) is 32.9 Å². The largest absolute Gasteiger partial charge is 0.303 e. The van der Waals surface area contributed by atoms with E-state index in [2.05, 4.69) is 65.2 Å². The van der Waals surface area contributed by atoms with Crippen LogP contribution in [-0.4, -0.2) is 4.98 Å². The molecule has 2 rings (SSSR count). The van der Waals surface area contributed by atoms with Crippen molar-refractivity contribution < 1.29 is 0 Å². The lowest BCUT2D eigenvalue weighted by Gasteiger charge is -2.20. The predicted octanol–water partition coefficient (Wildman–Crippen LogP) is 4.63. The Bertz CT molecular complexity index is 524. The fraction of sp³-hybridized carbons (Fsp3) is 0.357. The molecule has 1 N–H and O–H groups in total. The predicted molar refractivity (Wildman–Crippen MR) is 81.0 cm³/mol. The van der Waals surface area contributed by atoms with Gasteiger partial charge in [0, 0.05) is 21.4 Å². The van der Waals surface area contributed by atoms with Gasteiger partial charge in [-0.2, -0.15) is 0 Å². The van der Waals surface area contributed by atoms with E-state index in [1.807, 2.05) is 11.6 Å². The molecule has 1 aromatic heterocycles. The van der Waals surface area contributed by atoms with E-state index in [1.54, 1.807) is 11.3 Å². The first-order valence-corrected chi connectivity index (χ1v) is 7.66. The van der Waals surface area contributed by atoms with Crippen LogP contribution in [0.2, 0.25) is 0 Å². The number of halogens is 1. The van der Waals surface area contributed by atoms with Crippen LogP contribution in [0.5, 0.6) is 0 Å². The summed E-state index contributed by atoms with van der Waals surface area (Å²) in [5.41, 5.74) is 4.33. The van der Waals surface area contributed by atoms with Gasteiger partial charge in [-0.1, -0.05) is 28.1 Å². The number of hydrogen-bond donors (Lipinski definition) is 1. The number of aromatic nitrogens is 1. The smallest absolute Gasteiger partial charge is 0.0798 e. The molecule has 1 heterocycles. The van der Waals surface area contributed by atoms with E-state index >= 15 is 0 Å².